The highest BCUT2D eigenvalue weighted by Gasteiger charge is 2.14. The fraction of sp³-hybridized carbons (Fsp3) is 0.125. The number of carbonyl (C=O) groups is 1. The number of carbonyl (C=O) groups excluding carboxylic acids is 1. The van der Waals surface area contributed by atoms with E-state index in [2.05, 4.69) is 29.0 Å². The molecule has 0 saturated carbocycles. The van der Waals surface area contributed by atoms with Crippen LogP contribution in [0.1, 0.15) is 21.5 Å². The van der Waals surface area contributed by atoms with Crippen LogP contribution in [0, 0.1) is 13.8 Å². The minimum absolute atomic E-state index is 0.709. The summed E-state index contributed by atoms with van der Waals surface area (Å²) in [7, 11) is 0. The molecule has 94 valence electrons. The number of nitrogens with zero attached hydrogens (tertiary/aromatic N) is 1. The summed E-state index contributed by atoms with van der Waals surface area (Å²) in [4.78, 5) is 18.9. The summed E-state index contributed by atoms with van der Waals surface area (Å²) in [6.45, 7) is 4.08. The van der Waals surface area contributed by atoms with E-state index in [1.807, 2.05) is 19.1 Å². The number of aldehydes is 1. The van der Waals surface area contributed by atoms with Crippen LogP contribution in [0.3, 0.4) is 0 Å². The third-order valence-corrected chi connectivity index (χ3v) is 3.35. The van der Waals surface area contributed by atoms with Crippen LogP contribution in [0.5, 0.6) is 0 Å². The lowest BCUT2D eigenvalue weighted by Gasteiger charge is -2.00. The minimum atomic E-state index is 0.709. The Balaban J connectivity index is 2.38. The van der Waals surface area contributed by atoms with Crippen LogP contribution in [0.4, 0.5) is 0 Å². The van der Waals surface area contributed by atoms with Gasteiger partial charge in [-0.25, -0.2) is 0 Å². The zero-order valence-electron chi connectivity index (χ0n) is 10.9. The number of rotatable bonds is 2. The molecule has 0 spiro atoms. The molecule has 3 aromatic rings. The number of benzene rings is 1. The van der Waals surface area contributed by atoms with Gasteiger partial charge in [-0.1, -0.05) is 6.07 Å². The average Bonchev–Trinajstić information content (AvgIpc) is 2.78. The minimum Gasteiger partial charge on any atom is -0.354 e. The first-order valence-corrected chi connectivity index (χ1v) is 6.19. The van der Waals surface area contributed by atoms with Gasteiger partial charge in [0.25, 0.3) is 0 Å². The monoisotopic (exact) mass is 250 g/mol. The summed E-state index contributed by atoms with van der Waals surface area (Å²) in [5.41, 5.74) is 5.77. The fourth-order valence-electron chi connectivity index (χ4n) is 2.61. The molecule has 2 aromatic heterocycles. The molecule has 3 nitrogen and oxygen atoms in total. The summed E-state index contributed by atoms with van der Waals surface area (Å²) in [6.07, 6.45) is 4.41. The second kappa shape index (κ2) is 4.35. The number of H-pyrrole nitrogens is 1. The number of aryl methyl sites for hydroxylation is 2. The van der Waals surface area contributed by atoms with E-state index in [1.165, 1.54) is 5.56 Å². The fourth-order valence-corrected chi connectivity index (χ4v) is 2.61. The molecular weight excluding hydrogens is 236 g/mol. The van der Waals surface area contributed by atoms with Gasteiger partial charge in [0.2, 0.25) is 0 Å². The number of nitrogens with one attached hydrogen (secondary N) is 1. The molecule has 0 amide bonds. The van der Waals surface area contributed by atoms with Gasteiger partial charge in [-0.15, -0.1) is 0 Å². The van der Waals surface area contributed by atoms with E-state index in [-0.39, 0.29) is 0 Å². The lowest BCUT2D eigenvalue weighted by molar-refractivity contribution is 0.112. The summed E-state index contributed by atoms with van der Waals surface area (Å²) in [5.74, 6) is 0. The van der Waals surface area contributed by atoms with Gasteiger partial charge in [-0.05, 0) is 43.2 Å². The highest BCUT2D eigenvalue weighted by Crippen LogP contribution is 2.31. The van der Waals surface area contributed by atoms with E-state index in [4.69, 9.17) is 0 Å². The van der Waals surface area contributed by atoms with Gasteiger partial charge >= 0.3 is 0 Å². The van der Waals surface area contributed by atoms with Crippen molar-refractivity contribution in [3.05, 3.63) is 53.3 Å². The van der Waals surface area contributed by atoms with Crippen molar-refractivity contribution in [2.75, 3.05) is 0 Å². The maximum Gasteiger partial charge on any atom is 0.152 e. The Kier molecular flexibility index (Phi) is 2.67. The molecule has 0 aliphatic carbocycles. The molecule has 3 heteroatoms. The molecule has 0 bridgehead atoms. The van der Waals surface area contributed by atoms with Crippen LogP contribution < -0.4 is 0 Å². The molecule has 3 rings (SSSR count). The van der Waals surface area contributed by atoms with Gasteiger partial charge in [-0.2, -0.15) is 0 Å². The van der Waals surface area contributed by atoms with Crippen molar-refractivity contribution in [2.24, 2.45) is 0 Å². The van der Waals surface area contributed by atoms with Crippen LogP contribution in [0.2, 0.25) is 0 Å². The largest absolute Gasteiger partial charge is 0.354 e. The van der Waals surface area contributed by atoms with Gasteiger partial charge in [0.05, 0.1) is 5.69 Å². The zero-order chi connectivity index (χ0) is 13.4. The first kappa shape index (κ1) is 11.7. The summed E-state index contributed by atoms with van der Waals surface area (Å²) in [5, 5.41) is 0.999. The maximum absolute atomic E-state index is 11.5. The van der Waals surface area contributed by atoms with Crippen LogP contribution >= 0.6 is 0 Å². The number of aromatic nitrogens is 2. The third-order valence-electron chi connectivity index (χ3n) is 3.35. The Morgan fingerprint density at radius 1 is 1.26 bits per heavy atom. The SMILES string of the molecule is Cc1cc(C)c2c(C=O)c(-c3cccnc3)[nH]c2c1. The summed E-state index contributed by atoms with van der Waals surface area (Å²) >= 11 is 0. The molecule has 0 fully saturated rings. The van der Waals surface area contributed by atoms with Crippen molar-refractivity contribution in [2.45, 2.75) is 13.8 Å². The predicted molar refractivity (Wildman–Crippen MR) is 76.4 cm³/mol. The van der Waals surface area contributed by atoms with E-state index >= 15 is 0 Å². The Hall–Kier alpha value is -2.42. The van der Waals surface area contributed by atoms with Gasteiger partial charge in [0.15, 0.2) is 6.29 Å². The molecule has 1 aromatic carbocycles. The molecule has 0 atom stereocenters. The molecule has 19 heavy (non-hydrogen) atoms. The normalized spacial score (nSPS) is 10.8. The topological polar surface area (TPSA) is 45.8 Å². The van der Waals surface area contributed by atoms with Crippen molar-refractivity contribution in [1.29, 1.82) is 0 Å². The lowest BCUT2D eigenvalue weighted by Crippen LogP contribution is -1.86. The van der Waals surface area contributed by atoms with Gasteiger partial charge in [0, 0.05) is 34.4 Å². The molecule has 1 N–H and O–H groups in total. The molecular formula is C16H14N2O. The molecule has 0 unspecified atom stereocenters. The number of hydrogen-bond acceptors (Lipinski definition) is 2. The van der Waals surface area contributed by atoms with E-state index < -0.39 is 0 Å². The second-order valence-electron chi connectivity index (χ2n) is 4.78. The number of pyridine rings is 1. The van der Waals surface area contributed by atoms with Crippen LogP contribution in [-0.4, -0.2) is 16.3 Å². The number of fused-ring (bicyclic) bond motifs is 1. The summed E-state index contributed by atoms with van der Waals surface area (Å²) < 4.78 is 0. The van der Waals surface area contributed by atoms with Crippen LogP contribution in [-0.2, 0) is 0 Å². The van der Waals surface area contributed by atoms with Crippen molar-refractivity contribution >= 4 is 17.2 Å². The van der Waals surface area contributed by atoms with E-state index in [1.54, 1.807) is 12.4 Å². The van der Waals surface area contributed by atoms with Crippen LogP contribution in [0.25, 0.3) is 22.2 Å². The van der Waals surface area contributed by atoms with Crippen LogP contribution in [0.15, 0.2) is 36.7 Å². The Morgan fingerprint density at radius 3 is 2.79 bits per heavy atom. The van der Waals surface area contributed by atoms with E-state index in [0.29, 0.717) is 5.56 Å². The Labute approximate surface area is 111 Å². The lowest BCUT2D eigenvalue weighted by atomic mass is 10.0. The molecule has 0 aliphatic heterocycles. The molecule has 0 saturated heterocycles. The molecule has 2 heterocycles. The molecule has 0 aliphatic rings. The predicted octanol–water partition coefficient (Wildman–Crippen LogP) is 3.66. The highest BCUT2D eigenvalue weighted by molar-refractivity contribution is 6.05. The number of hydrogen-bond donors (Lipinski definition) is 1. The Morgan fingerprint density at radius 2 is 2.11 bits per heavy atom. The smallest absolute Gasteiger partial charge is 0.152 e. The molecule has 0 radical (unpaired) electrons. The van der Waals surface area contributed by atoms with Crippen molar-refractivity contribution < 1.29 is 4.79 Å². The maximum atomic E-state index is 11.5. The number of aromatic amines is 1. The zero-order valence-corrected chi connectivity index (χ0v) is 10.9. The van der Waals surface area contributed by atoms with Crippen molar-refractivity contribution in [1.82, 2.24) is 9.97 Å². The quantitative estimate of drug-likeness (QED) is 0.705. The van der Waals surface area contributed by atoms with Crippen molar-refractivity contribution in [3.8, 4) is 11.3 Å². The van der Waals surface area contributed by atoms with Gasteiger partial charge < -0.3 is 4.98 Å². The first-order valence-electron chi connectivity index (χ1n) is 6.19. The standard InChI is InChI=1S/C16H14N2O/c1-10-6-11(2)15-13(9-19)16(18-14(15)7-10)12-4-3-5-17-8-12/h3-9,18H,1-2H3. The average molecular weight is 250 g/mol. The Bertz CT molecular complexity index is 757. The van der Waals surface area contributed by atoms with E-state index in [9.17, 15) is 4.79 Å². The van der Waals surface area contributed by atoms with E-state index in [0.717, 1.165) is 34.0 Å². The second-order valence-corrected chi connectivity index (χ2v) is 4.78. The highest BCUT2D eigenvalue weighted by atomic mass is 16.1. The summed E-state index contributed by atoms with van der Waals surface area (Å²) in [6, 6.07) is 7.98. The first-order chi connectivity index (χ1) is 9.20. The van der Waals surface area contributed by atoms with Gasteiger partial charge in [0.1, 0.15) is 0 Å². The van der Waals surface area contributed by atoms with Crippen molar-refractivity contribution in [3.63, 3.8) is 0 Å². The third kappa shape index (κ3) is 1.83. The van der Waals surface area contributed by atoms with Gasteiger partial charge in [-0.3, -0.25) is 9.78 Å².